The van der Waals surface area contributed by atoms with Crippen molar-refractivity contribution in [2.45, 2.75) is 20.3 Å². The maximum Gasteiger partial charge on any atom is 0.159 e. The topological polar surface area (TPSA) is 54.4 Å². The number of phenols is 1. The lowest BCUT2D eigenvalue weighted by molar-refractivity contribution is 0.100. The van der Waals surface area contributed by atoms with Gasteiger partial charge < -0.3 is 5.11 Å². The van der Waals surface area contributed by atoms with E-state index in [4.69, 9.17) is 5.11 Å². The van der Waals surface area contributed by atoms with Crippen molar-refractivity contribution >= 4 is 11.6 Å². The normalized spacial score (nSPS) is 9.77. The van der Waals surface area contributed by atoms with Gasteiger partial charge in [0.1, 0.15) is 5.75 Å². The molecule has 0 unspecified atom stereocenters. The second-order valence-corrected chi connectivity index (χ2v) is 6.02. The lowest BCUT2D eigenvalue weighted by atomic mass is 10.0. The number of hydrogen-bond donors (Lipinski definition) is 1. The molecule has 3 rings (SSSR count). The van der Waals surface area contributed by atoms with E-state index in [0.29, 0.717) is 5.56 Å². The largest absolute Gasteiger partial charge is 0.508 e. The van der Waals surface area contributed by atoms with Crippen molar-refractivity contribution in [1.29, 1.82) is 0 Å². The first-order chi connectivity index (χ1) is 12.5. The molecule has 0 aromatic heterocycles. The third-order valence-electron chi connectivity index (χ3n) is 3.89. The highest BCUT2D eigenvalue weighted by Gasteiger charge is 1.99. The molecule has 0 aliphatic heterocycles. The van der Waals surface area contributed by atoms with Crippen molar-refractivity contribution in [2.75, 3.05) is 0 Å². The number of aromatic hydroxyl groups is 1. The molecule has 0 saturated heterocycles. The molecule has 0 radical (unpaired) electrons. The smallest absolute Gasteiger partial charge is 0.159 e. The molecule has 0 aliphatic rings. The minimum atomic E-state index is 0.0139. The van der Waals surface area contributed by atoms with Gasteiger partial charge in [-0.2, -0.15) is 0 Å². The Morgan fingerprint density at radius 3 is 1.54 bits per heavy atom. The van der Waals surface area contributed by atoms with Gasteiger partial charge in [0.15, 0.2) is 11.6 Å². The summed E-state index contributed by atoms with van der Waals surface area (Å²) in [6.07, 6.45) is 0.916. The maximum atomic E-state index is 11.1. The number of rotatable bonds is 4. The highest BCUT2D eigenvalue weighted by atomic mass is 16.3. The standard InChI is InChI=1S/C15H14O.C8H8O2/c1-12(16)15-9-7-14(8-10-15)11-13-5-3-2-4-6-13;1-6(9)7-2-4-8(10)5-3-7/h2-10H,11H2,1H3;2-5,10H,1H3. The first-order valence-electron chi connectivity index (χ1n) is 8.39. The monoisotopic (exact) mass is 346 g/mol. The highest BCUT2D eigenvalue weighted by molar-refractivity contribution is 5.94. The van der Waals surface area contributed by atoms with Crippen LogP contribution in [-0.2, 0) is 6.42 Å². The Bertz CT molecular complexity index is 848. The quantitative estimate of drug-likeness (QED) is 0.671. The third kappa shape index (κ3) is 6.02. The molecule has 132 valence electrons. The molecular weight excluding hydrogens is 324 g/mol. The Balaban J connectivity index is 0.000000209. The zero-order valence-electron chi connectivity index (χ0n) is 15.0. The van der Waals surface area contributed by atoms with Gasteiger partial charge >= 0.3 is 0 Å². The zero-order valence-corrected chi connectivity index (χ0v) is 15.0. The van der Waals surface area contributed by atoms with Crippen LogP contribution in [0.2, 0.25) is 0 Å². The number of hydrogen-bond acceptors (Lipinski definition) is 3. The minimum Gasteiger partial charge on any atom is -0.508 e. The first-order valence-corrected chi connectivity index (χ1v) is 8.39. The molecule has 0 fully saturated rings. The Morgan fingerprint density at radius 1 is 0.654 bits per heavy atom. The molecule has 26 heavy (non-hydrogen) atoms. The van der Waals surface area contributed by atoms with Gasteiger partial charge in [-0.25, -0.2) is 0 Å². The molecule has 0 saturated carbocycles. The van der Waals surface area contributed by atoms with Gasteiger partial charge in [0.25, 0.3) is 0 Å². The highest BCUT2D eigenvalue weighted by Crippen LogP contribution is 2.11. The second kappa shape index (κ2) is 9.33. The van der Waals surface area contributed by atoms with E-state index in [0.717, 1.165) is 12.0 Å². The van der Waals surface area contributed by atoms with Crippen LogP contribution in [0.3, 0.4) is 0 Å². The number of ketones is 2. The second-order valence-electron chi connectivity index (χ2n) is 6.02. The van der Waals surface area contributed by atoms with Crippen LogP contribution in [0.4, 0.5) is 0 Å². The summed E-state index contributed by atoms with van der Waals surface area (Å²) in [7, 11) is 0. The van der Waals surface area contributed by atoms with Gasteiger partial charge in [-0.3, -0.25) is 9.59 Å². The molecule has 1 N–H and O–H groups in total. The summed E-state index contributed by atoms with van der Waals surface area (Å²) in [5, 5.41) is 8.83. The van der Waals surface area contributed by atoms with Crippen molar-refractivity contribution < 1.29 is 14.7 Å². The minimum absolute atomic E-state index is 0.0139. The molecule has 3 heteroatoms. The van der Waals surface area contributed by atoms with E-state index in [2.05, 4.69) is 12.1 Å². The van der Waals surface area contributed by atoms with E-state index in [1.807, 2.05) is 42.5 Å². The van der Waals surface area contributed by atoms with Crippen LogP contribution in [0, 0.1) is 0 Å². The number of Topliss-reactive ketones (excluding diaryl/α,β-unsaturated/α-hetero) is 2. The summed E-state index contributed by atoms with van der Waals surface area (Å²) in [4.78, 5) is 21.8. The number of carbonyl (C=O) groups is 2. The lowest BCUT2D eigenvalue weighted by Crippen LogP contribution is -1.93. The van der Waals surface area contributed by atoms with Crippen molar-refractivity contribution in [1.82, 2.24) is 0 Å². The van der Waals surface area contributed by atoms with Gasteiger partial charge in [-0.1, -0.05) is 54.6 Å². The predicted octanol–water partition coefficient (Wildman–Crippen LogP) is 5.07. The molecule has 0 bridgehead atoms. The maximum absolute atomic E-state index is 11.1. The first kappa shape index (κ1) is 19.1. The van der Waals surface area contributed by atoms with Crippen LogP contribution < -0.4 is 0 Å². The molecule has 3 nitrogen and oxygen atoms in total. The van der Waals surface area contributed by atoms with Crippen LogP contribution in [0.5, 0.6) is 5.75 Å². The SMILES string of the molecule is CC(=O)c1ccc(Cc2ccccc2)cc1.CC(=O)c1ccc(O)cc1. The summed E-state index contributed by atoms with van der Waals surface area (Å²) in [5.41, 5.74) is 3.92. The van der Waals surface area contributed by atoms with E-state index in [1.165, 1.54) is 30.2 Å². The number of phenolic OH excluding ortho intramolecular Hbond substituents is 1. The Morgan fingerprint density at radius 2 is 1.08 bits per heavy atom. The van der Waals surface area contributed by atoms with Crippen LogP contribution in [-0.4, -0.2) is 16.7 Å². The molecule has 3 aromatic carbocycles. The average Bonchev–Trinajstić information content (AvgIpc) is 2.64. The Kier molecular flexibility index (Phi) is 6.86. The molecule has 0 aliphatic carbocycles. The fourth-order valence-electron chi connectivity index (χ4n) is 2.39. The molecular formula is C23H22O3. The molecule has 0 amide bonds. The van der Waals surface area contributed by atoms with Crippen LogP contribution in [0.25, 0.3) is 0 Å². The van der Waals surface area contributed by atoms with Gasteiger partial charge in [0.2, 0.25) is 0 Å². The van der Waals surface area contributed by atoms with Gasteiger partial charge in [0, 0.05) is 11.1 Å². The lowest BCUT2D eigenvalue weighted by Gasteiger charge is -2.02. The van der Waals surface area contributed by atoms with Crippen molar-refractivity contribution in [3.05, 3.63) is 101 Å². The van der Waals surface area contributed by atoms with E-state index < -0.39 is 0 Å². The Hall–Kier alpha value is -3.20. The molecule has 0 atom stereocenters. The van der Waals surface area contributed by atoms with Crippen LogP contribution >= 0.6 is 0 Å². The van der Waals surface area contributed by atoms with Crippen LogP contribution in [0.15, 0.2) is 78.9 Å². The third-order valence-corrected chi connectivity index (χ3v) is 3.89. The summed E-state index contributed by atoms with van der Waals surface area (Å²) >= 11 is 0. The number of carbonyl (C=O) groups excluding carboxylic acids is 2. The molecule has 3 aromatic rings. The molecule has 0 heterocycles. The molecule has 0 spiro atoms. The summed E-state index contributed by atoms with van der Waals surface area (Å²) < 4.78 is 0. The van der Waals surface area contributed by atoms with Gasteiger partial charge in [-0.15, -0.1) is 0 Å². The van der Waals surface area contributed by atoms with E-state index in [1.54, 1.807) is 19.1 Å². The number of benzene rings is 3. The summed E-state index contributed by atoms with van der Waals surface area (Å²) in [5.74, 6) is 0.316. The van der Waals surface area contributed by atoms with E-state index in [9.17, 15) is 9.59 Å². The zero-order chi connectivity index (χ0) is 18.9. The summed E-state index contributed by atoms with van der Waals surface area (Å²) in [6, 6.07) is 24.3. The van der Waals surface area contributed by atoms with Crippen molar-refractivity contribution in [3.8, 4) is 5.75 Å². The van der Waals surface area contributed by atoms with E-state index >= 15 is 0 Å². The van der Waals surface area contributed by atoms with Crippen molar-refractivity contribution in [3.63, 3.8) is 0 Å². The van der Waals surface area contributed by atoms with Gasteiger partial charge in [0.05, 0.1) is 0 Å². The fraction of sp³-hybridized carbons (Fsp3) is 0.130. The van der Waals surface area contributed by atoms with Crippen LogP contribution in [0.1, 0.15) is 45.7 Å². The van der Waals surface area contributed by atoms with Crippen molar-refractivity contribution in [2.24, 2.45) is 0 Å². The Labute approximate surface area is 153 Å². The summed E-state index contributed by atoms with van der Waals surface area (Å²) in [6.45, 7) is 3.08. The predicted molar refractivity (Wildman–Crippen MR) is 104 cm³/mol. The van der Waals surface area contributed by atoms with E-state index in [-0.39, 0.29) is 17.3 Å². The van der Waals surface area contributed by atoms with Gasteiger partial charge in [-0.05, 0) is 55.7 Å². The average molecular weight is 346 g/mol. The fourth-order valence-corrected chi connectivity index (χ4v) is 2.39.